The van der Waals surface area contributed by atoms with E-state index < -0.39 is 16.8 Å². The van der Waals surface area contributed by atoms with Crippen LogP contribution in [-0.2, 0) is 9.59 Å². The van der Waals surface area contributed by atoms with Gasteiger partial charge in [0.1, 0.15) is 0 Å². The number of para-hydroxylation sites is 1. The van der Waals surface area contributed by atoms with Crippen molar-refractivity contribution in [1.82, 2.24) is 4.90 Å². The first-order valence-electron chi connectivity index (χ1n) is 5.80. The lowest BCUT2D eigenvalue weighted by Crippen LogP contribution is -2.27. The standard InChI is InChI=1S/C13H14N2O5/c1-14(9-8-13(17)18)12(16)7-6-10-4-2-3-5-11(10)15(19)20/h2-7H,8-9H2,1H3,(H,17,18). The smallest absolute Gasteiger partial charge is 0.305 e. The van der Waals surface area contributed by atoms with Crippen molar-refractivity contribution >= 4 is 23.6 Å². The van der Waals surface area contributed by atoms with Crippen LogP contribution in [0.1, 0.15) is 12.0 Å². The summed E-state index contributed by atoms with van der Waals surface area (Å²) in [6.07, 6.45) is 2.38. The second-order valence-corrected chi connectivity index (χ2v) is 4.05. The van der Waals surface area contributed by atoms with E-state index in [1.54, 1.807) is 6.07 Å². The van der Waals surface area contributed by atoms with Crippen molar-refractivity contribution in [2.45, 2.75) is 6.42 Å². The molecule has 0 radical (unpaired) electrons. The number of hydrogen-bond acceptors (Lipinski definition) is 4. The first kappa shape index (κ1) is 15.4. The first-order valence-corrected chi connectivity index (χ1v) is 5.80. The van der Waals surface area contributed by atoms with E-state index in [1.807, 2.05) is 0 Å². The highest BCUT2D eigenvalue weighted by molar-refractivity contribution is 5.92. The molecule has 0 aromatic heterocycles. The molecule has 0 fully saturated rings. The maximum atomic E-state index is 11.7. The van der Waals surface area contributed by atoms with Gasteiger partial charge in [0.25, 0.3) is 5.69 Å². The zero-order valence-corrected chi connectivity index (χ0v) is 10.9. The second-order valence-electron chi connectivity index (χ2n) is 4.05. The average Bonchev–Trinajstić information content (AvgIpc) is 2.42. The Balaban J connectivity index is 2.75. The Hall–Kier alpha value is -2.70. The fraction of sp³-hybridized carbons (Fsp3) is 0.231. The van der Waals surface area contributed by atoms with Crippen molar-refractivity contribution in [3.63, 3.8) is 0 Å². The summed E-state index contributed by atoms with van der Waals surface area (Å²) in [5.74, 6) is -1.41. The molecule has 0 atom stereocenters. The van der Waals surface area contributed by atoms with E-state index in [9.17, 15) is 19.7 Å². The Morgan fingerprint density at radius 3 is 2.65 bits per heavy atom. The molecule has 0 spiro atoms. The maximum Gasteiger partial charge on any atom is 0.305 e. The lowest BCUT2D eigenvalue weighted by Gasteiger charge is -2.13. The van der Waals surface area contributed by atoms with Crippen LogP contribution in [-0.4, -0.2) is 40.4 Å². The third-order valence-electron chi connectivity index (χ3n) is 2.58. The third kappa shape index (κ3) is 4.52. The molecule has 0 saturated heterocycles. The van der Waals surface area contributed by atoms with Crippen molar-refractivity contribution in [1.29, 1.82) is 0 Å². The highest BCUT2D eigenvalue weighted by atomic mass is 16.6. The van der Waals surface area contributed by atoms with Crippen molar-refractivity contribution in [2.24, 2.45) is 0 Å². The Morgan fingerprint density at radius 1 is 1.40 bits per heavy atom. The molecule has 1 N–H and O–H groups in total. The van der Waals surface area contributed by atoms with Gasteiger partial charge in [-0.15, -0.1) is 0 Å². The second kappa shape index (κ2) is 7.03. The molecule has 0 aliphatic heterocycles. The Morgan fingerprint density at radius 2 is 2.05 bits per heavy atom. The van der Waals surface area contributed by atoms with Crippen LogP contribution in [0.5, 0.6) is 0 Å². The number of nitrogens with zero attached hydrogens (tertiary/aromatic N) is 2. The minimum atomic E-state index is -0.993. The van der Waals surface area contributed by atoms with Crippen LogP contribution >= 0.6 is 0 Å². The van der Waals surface area contributed by atoms with Crippen LogP contribution in [0.3, 0.4) is 0 Å². The molecule has 7 heteroatoms. The van der Waals surface area contributed by atoms with Crippen LogP contribution in [0.15, 0.2) is 30.3 Å². The van der Waals surface area contributed by atoms with Crippen LogP contribution in [0, 0.1) is 10.1 Å². The van der Waals surface area contributed by atoms with Gasteiger partial charge < -0.3 is 10.0 Å². The van der Waals surface area contributed by atoms with E-state index in [2.05, 4.69) is 0 Å². The van der Waals surface area contributed by atoms with Crippen LogP contribution in [0.4, 0.5) is 5.69 Å². The number of nitro groups is 1. The van der Waals surface area contributed by atoms with Crippen LogP contribution < -0.4 is 0 Å². The summed E-state index contributed by atoms with van der Waals surface area (Å²) in [5.41, 5.74) is 0.224. The quantitative estimate of drug-likeness (QED) is 0.483. The summed E-state index contributed by atoms with van der Waals surface area (Å²) in [6, 6.07) is 6.04. The predicted molar refractivity (Wildman–Crippen MR) is 72.0 cm³/mol. The molecule has 106 valence electrons. The van der Waals surface area contributed by atoms with Crippen molar-refractivity contribution in [3.8, 4) is 0 Å². The molecule has 0 aliphatic carbocycles. The minimum absolute atomic E-state index is 0.0788. The topological polar surface area (TPSA) is 101 Å². The largest absolute Gasteiger partial charge is 0.481 e. The molecular weight excluding hydrogens is 264 g/mol. The summed E-state index contributed by atoms with van der Waals surface area (Å²) in [7, 11) is 1.47. The van der Waals surface area contributed by atoms with E-state index in [1.165, 1.54) is 42.3 Å². The number of nitro benzene ring substituents is 1. The lowest BCUT2D eigenvalue weighted by molar-refractivity contribution is -0.385. The van der Waals surface area contributed by atoms with Crippen molar-refractivity contribution in [2.75, 3.05) is 13.6 Å². The van der Waals surface area contributed by atoms with Gasteiger partial charge in [0.05, 0.1) is 16.9 Å². The van der Waals surface area contributed by atoms with Gasteiger partial charge >= 0.3 is 5.97 Å². The van der Waals surface area contributed by atoms with Gasteiger partial charge in [-0.25, -0.2) is 0 Å². The molecule has 0 heterocycles. The minimum Gasteiger partial charge on any atom is -0.481 e. The fourth-order valence-electron chi connectivity index (χ4n) is 1.46. The molecule has 20 heavy (non-hydrogen) atoms. The van der Waals surface area contributed by atoms with Crippen LogP contribution in [0.25, 0.3) is 6.08 Å². The number of aliphatic carboxylic acids is 1. The van der Waals surface area contributed by atoms with E-state index >= 15 is 0 Å². The first-order chi connectivity index (χ1) is 9.41. The predicted octanol–water partition coefficient (Wildman–Crippen LogP) is 1.54. The number of carbonyl (C=O) groups is 2. The molecule has 7 nitrogen and oxygen atoms in total. The van der Waals surface area contributed by atoms with Crippen LogP contribution in [0.2, 0.25) is 0 Å². The molecular formula is C13H14N2O5. The van der Waals surface area contributed by atoms with E-state index in [0.717, 1.165) is 0 Å². The van der Waals surface area contributed by atoms with E-state index in [-0.39, 0.29) is 18.7 Å². The molecule has 0 aliphatic rings. The normalized spacial score (nSPS) is 10.4. The van der Waals surface area contributed by atoms with Gasteiger partial charge in [-0.2, -0.15) is 0 Å². The molecule has 1 amide bonds. The average molecular weight is 278 g/mol. The lowest BCUT2D eigenvalue weighted by atomic mass is 10.1. The van der Waals surface area contributed by atoms with Crippen molar-refractivity contribution in [3.05, 3.63) is 46.0 Å². The van der Waals surface area contributed by atoms with Gasteiger partial charge in [0, 0.05) is 25.7 Å². The summed E-state index contributed by atoms with van der Waals surface area (Å²) in [4.78, 5) is 33.6. The zero-order valence-electron chi connectivity index (χ0n) is 10.9. The number of likely N-dealkylation sites (N-methyl/N-ethyl adjacent to an activating group) is 1. The Kier molecular flexibility index (Phi) is 5.40. The number of carboxylic acids is 1. The molecule has 1 aromatic rings. The molecule has 0 bridgehead atoms. The molecule has 1 rings (SSSR count). The number of rotatable bonds is 6. The van der Waals surface area contributed by atoms with Gasteiger partial charge in [-0.1, -0.05) is 12.1 Å². The number of hydrogen-bond donors (Lipinski definition) is 1. The monoisotopic (exact) mass is 278 g/mol. The number of carbonyl (C=O) groups excluding carboxylic acids is 1. The van der Waals surface area contributed by atoms with Crippen molar-refractivity contribution < 1.29 is 19.6 Å². The number of benzene rings is 1. The highest BCUT2D eigenvalue weighted by Crippen LogP contribution is 2.18. The van der Waals surface area contributed by atoms with Gasteiger partial charge in [0.2, 0.25) is 5.91 Å². The SMILES string of the molecule is CN(CCC(=O)O)C(=O)C=Cc1ccccc1[N+](=O)[O-]. The fourth-order valence-corrected chi connectivity index (χ4v) is 1.46. The molecule has 1 aromatic carbocycles. The summed E-state index contributed by atoms with van der Waals surface area (Å²) >= 11 is 0. The number of carboxylic acid groups (broad SMARTS) is 1. The Bertz CT molecular complexity index is 553. The Labute approximate surface area is 115 Å². The maximum absolute atomic E-state index is 11.7. The summed E-state index contributed by atoms with van der Waals surface area (Å²) in [5, 5.41) is 19.3. The van der Waals surface area contributed by atoms with Gasteiger partial charge in [-0.3, -0.25) is 19.7 Å². The molecule has 0 unspecified atom stereocenters. The van der Waals surface area contributed by atoms with E-state index in [4.69, 9.17) is 5.11 Å². The zero-order chi connectivity index (χ0) is 15.1. The molecule has 0 saturated carbocycles. The highest BCUT2D eigenvalue weighted by Gasteiger charge is 2.11. The van der Waals surface area contributed by atoms with E-state index in [0.29, 0.717) is 5.56 Å². The summed E-state index contributed by atoms with van der Waals surface area (Å²) < 4.78 is 0. The summed E-state index contributed by atoms with van der Waals surface area (Å²) in [6.45, 7) is 0.0788. The van der Waals surface area contributed by atoms with Gasteiger partial charge in [0.15, 0.2) is 0 Å². The number of amides is 1. The third-order valence-corrected chi connectivity index (χ3v) is 2.58. The van der Waals surface area contributed by atoms with Gasteiger partial charge in [-0.05, 0) is 12.1 Å².